The number of hydrogen-bond donors (Lipinski definition) is 2. The average Bonchev–Trinajstić information content (AvgIpc) is 2.46. The molecule has 0 aromatic carbocycles. The number of ether oxygens (including phenoxy) is 1. The van der Waals surface area contributed by atoms with Crippen LogP contribution in [0.4, 0.5) is 0 Å². The lowest BCUT2D eigenvalue weighted by molar-refractivity contribution is -0.131. The first kappa shape index (κ1) is 16.8. The zero-order chi connectivity index (χ0) is 15.7. The van der Waals surface area contributed by atoms with Crippen LogP contribution < -0.4 is 5.32 Å². The fraction of sp³-hybridized carbons (Fsp3) is 0.400. The second-order valence-corrected chi connectivity index (χ2v) is 4.55. The molecule has 0 saturated carbocycles. The number of carbonyl (C=O) groups excluding carboxylic acids is 1. The summed E-state index contributed by atoms with van der Waals surface area (Å²) in [6.45, 7) is 2.47. The molecule has 0 spiro atoms. The fourth-order valence-corrected chi connectivity index (χ4v) is 1.92. The van der Waals surface area contributed by atoms with Crippen LogP contribution in [0.5, 0.6) is 0 Å². The summed E-state index contributed by atoms with van der Waals surface area (Å²) in [7, 11) is 1.59. The number of hydrogen-bond acceptors (Lipinski definition) is 4. The highest BCUT2D eigenvalue weighted by Gasteiger charge is 2.15. The van der Waals surface area contributed by atoms with Gasteiger partial charge in [-0.2, -0.15) is 0 Å². The van der Waals surface area contributed by atoms with Crippen molar-refractivity contribution in [3.63, 3.8) is 0 Å². The normalized spacial score (nSPS) is 12.3. The molecular weight excluding hydrogens is 272 g/mol. The van der Waals surface area contributed by atoms with E-state index in [4.69, 9.17) is 9.84 Å². The van der Waals surface area contributed by atoms with Gasteiger partial charge in [-0.05, 0) is 18.6 Å². The van der Waals surface area contributed by atoms with E-state index in [1.165, 1.54) is 18.5 Å². The van der Waals surface area contributed by atoms with Gasteiger partial charge in [0.1, 0.15) is 0 Å². The molecule has 1 aromatic heterocycles. The molecule has 21 heavy (non-hydrogen) atoms. The summed E-state index contributed by atoms with van der Waals surface area (Å²) in [6.07, 6.45) is 7.03. The van der Waals surface area contributed by atoms with Crippen LogP contribution in [0.3, 0.4) is 0 Å². The van der Waals surface area contributed by atoms with Crippen molar-refractivity contribution in [1.29, 1.82) is 0 Å². The Kier molecular flexibility index (Phi) is 7.11. The molecule has 1 rings (SSSR count). The molecule has 0 saturated heterocycles. The Morgan fingerprint density at radius 1 is 1.52 bits per heavy atom. The van der Waals surface area contributed by atoms with Crippen LogP contribution >= 0.6 is 0 Å². The van der Waals surface area contributed by atoms with Crippen molar-refractivity contribution in [3.8, 4) is 0 Å². The van der Waals surface area contributed by atoms with Crippen molar-refractivity contribution in [2.75, 3.05) is 13.7 Å². The maximum Gasteiger partial charge on any atom is 0.328 e. The maximum absolute atomic E-state index is 12.3. The quantitative estimate of drug-likeness (QED) is 0.712. The number of aliphatic carboxylic acids is 1. The Labute approximate surface area is 123 Å². The maximum atomic E-state index is 12.3. The Morgan fingerprint density at radius 3 is 2.90 bits per heavy atom. The van der Waals surface area contributed by atoms with Crippen LogP contribution in [-0.2, 0) is 9.53 Å². The molecular formula is C15H20N2O4. The molecule has 6 nitrogen and oxygen atoms in total. The van der Waals surface area contributed by atoms with Crippen LogP contribution in [-0.4, -0.2) is 41.7 Å². The minimum absolute atomic E-state index is 0.0723. The lowest BCUT2D eigenvalue weighted by Gasteiger charge is -2.17. The van der Waals surface area contributed by atoms with Gasteiger partial charge in [0.2, 0.25) is 0 Å². The molecule has 0 aliphatic carbocycles. The fourth-order valence-electron chi connectivity index (χ4n) is 1.92. The Morgan fingerprint density at radius 2 is 2.29 bits per heavy atom. The van der Waals surface area contributed by atoms with Gasteiger partial charge in [-0.25, -0.2) is 4.79 Å². The van der Waals surface area contributed by atoms with E-state index in [1.807, 2.05) is 6.92 Å². The first-order valence-electron chi connectivity index (χ1n) is 6.73. The standard InChI is InChI=1S/C15H20N2O4/c1-3-4-12(10-21-2)17-15(20)13-7-8-16-9-11(13)5-6-14(18)19/h5-9,12H,3-4,10H2,1-2H3,(H,17,20)(H,18,19). The van der Waals surface area contributed by atoms with Gasteiger partial charge >= 0.3 is 5.97 Å². The van der Waals surface area contributed by atoms with E-state index in [9.17, 15) is 9.59 Å². The molecule has 1 unspecified atom stereocenters. The summed E-state index contributed by atoms with van der Waals surface area (Å²) >= 11 is 0. The van der Waals surface area contributed by atoms with Crippen molar-refractivity contribution in [2.45, 2.75) is 25.8 Å². The summed E-state index contributed by atoms with van der Waals surface area (Å²) in [5.74, 6) is -1.34. The molecule has 1 atom stereocenters. The Balaban J connectivity index is 2.88. The van der Waals surface area contributed by atoms with Gasteiger partial charge in [0, 0.05) is 36.7 Å². The lowest BCUT2D eigenvalue weighted by Crippen LogP contribution is -2.38. The van der Waals surface area contributed by atoms with Gasteiger partial charge < -0.3 is 15.2 Å². The second kappa shape index (κ2) is 8.86. The van der Waals surface area contributed by atoms with Crippen molar-refractivity contribution >= 4 is 18.0 Å². The zero-order valence-electron chi connectivity index (χ0n) is 12.2. The van der Waals surface area contributed by atoms with E-state index in [0.29, 0.717) is 17.7 Å². The number of carbonyl (C=O) groups is 2. The number of carboxylic acid groups (broad SMARTS) is 1. The Bertz CT molecular complexity index is 508. The van der Waals surface area contributed by atoms with Crippen molar-refractivity contribution in [1.82, 2.24) is 10.3 Å². The molecule has 6 heteroatoms. The summed E-state index contributed by atoms with van der Waals surface area (Å²) in [6, 6.07) is 1.49. The van der Waals surface area contributed by atoms with Gasteiger partial charge in [-0.15, -0.1) is 0 Å². The molecule has 1 amide bonds. The number of nitrogens with one attached hydrogen (secondary N) is 1. The highest BCUT2D eigenvalue weighted by Crippen LogP contribution is 2.10. The summed E-state index contributed by atoms with van der Waals surface area (Å²) in [4.78, 5) is 26.8. The second-order valence-electron chi connectivity index (χ2n) is 4.55. The van der Waals surface area contributed by atoms with Crippen LogP contribution in [0, 0.1) is 0 Å². The topological polar surface area (TPSA) is 88.5 Å². The predicted molar refractivity (Wildman–Crippen MR) is 78.9 cm³/mol. The van der Waals surface area contributed by atoms with Crippen molar-refractivity contribution < 1.29 is 19.4 Å². The van der Waals surface area contributed by atoms with Crippen molar-refractivity contribution in [2.24, 2.45) is 0 Å². The number of nitrogens with zero attached hydrogens (tertiary/aromatic N) is 1. The van der Waals surface area contributed by atoms with E-state index < -0.39 is 5.97 Å². The van der Waals surface area contributed by atoms with Gasteiger partial charge in [0.25, 0.3) is 5.91 Å². The minimum Gasteiger partial charge on any atom is -0.478 e. The molecule has 0 radical (unpaired) electrons. The molecule has 1 heterocycles. The van der Waals surface area contributed by atoms with E-state index >= 15 is 0 Å². The van der Waals surface area contributed by atoms with Gasteiger partial charge in [0.05, 0.1) is 12.6 Å². The van der Waals surface area contributed by atoms with Gasteiger partial charge in [-0.3, -0.25) is 9.78 Å². The molecule has 0 aliphatic rings. The third-order valence-electron chi connectivity index (χ3n) is 2.84. The molecule has 0 bridgehead atoms. The van der Waals surface area contributed by atoms with Crippen LogP contribution in [0.2, 0.25) is 0 Å². The monoisotopic (exact) mass is 292 g/mol. The van der Waals surface area contributed by atoms with E-state index in [0.717, 1.165) is 18.9 Å². The van der Waals surface area contributed by atoms with Gasteiger partial charge in [-0.1, -0.05) is 13.3 Å². The number of rotatable bonds is 8. The summed E-state index contributed by atoms with van der Waals surface area (Å²) in [5.41, 5.74) is 0.852. The van der Waals surface area contributed by atoms with Gasteiger partial charge in [0.15, 0.2) is 0 Å². The summed E-state index contributed by atoms with van der Waals surface area (Å²) in [5, 5.41) is 11.6. The van der Waals surface area contributed by atoms with Crippen LogP contribution in [0.15, 0.2) is 24.5 Å². The van der Waals surface area contributed by atoms with E-state index in [1.54, 1.807) is 13.2 Å². The Hall–Kier alpha value is -2.21. The first-order chi connectivity index (χ1) is 10.1. The molecule has 1 aromatic rings. The van der Waals surface area contributed by atoms with Crippen LogP contribution in [0.25, 0.3) is 6.08 Å². The van der Waals surface area contributed by atoms with E-state index in [2.05, 4.69) is 10.3 Å². The number of amides is 1. The predicted octanol–water partition coefficient (Wildman–Crippen LogP) is 1.72. The lowest BCUT2D eigenvalue weighted by atomic mass is 10.1. The third kappa shape index (κ3) is 5.74. The number of carboxylic acids is 1. The summed E-state index contributed by atoms with van der Waals surface area (Å²) < 4.78 is 5.08. The molecule has 0 fully saturated rings. The highest BCUT2D eigenvalue weighted by atomic mass is 16.5. The molecule has 2 N–H and O–H groups in total. The number of methoxy groups -OCH3 is 1. The third-order valence-corrected chi connectivity index (χ3v) is 2.84. The molecule has 114 valence electrons. The average molecular weight is 292 g/mol. The van der Waals surface area contributed by atoms with Crippen molar-refractivity contribution in [3.05, 3.63) is 35.7 Å². The van der Waals surface area contributed by atoms with Crippen LogP contribution in [0.1, 0.15) is 35.7 Å². The smallest absolute Gasteiger partial charge is 0.328 e. The van der Waals surface area contributed by atoms with E-state index in [-0.39, 0.29) is 11.9 Å². The minimum atomic E-state index is -1.08. The first-order valence-corrected chi connectivity index (χ1v) is 6.73. The highest BCUT2D eigenvalue weighted by molar-refractivity contribution is 5.98. The number of aromatic nitrogens is 1. The molecule has 0 aliphatic heterocycles. The number of pyridine rings is 1. The largest absolute Gasteiger partial charge is 0.478 e. The SMILES string of the molecule is CCCC(COC)NC(=O)c1ccncc1C=CC(=O)O. The zero-order valence-corrected chi connectivity index (χ0v) is 12.2.